The topological polar surface area (TPSA) is 76.9 Å². The summed E-state index contributed by atoms with van der Waals surface area (Å²) >= 11 is 0. The molecule has 3 rings (SSSR count). The minimum absolute atomic E-state index is 0.242. The molecule has 1 unspecified atom stereocenters. The van der Waals surface area contributed by atoms with Gasteiger partial charge < -0.3 is 0 Å². The van der Waals surface area contributed by atoms with Crippen molar-refractivity contribution in [2.45, 2.75) is 25.8 Å². The maximum Gasteiger partial charge on any atom is 0.251 e. The lowest BCUT2D eigenvalue weighted by atomic mass is 10.1. The van der Waals surface area contributed by atoms with Gasteiger partial charge in [0.05, 0.1) is 5.52 Å². The summed E-state index contributed by atoms with van der Waals surface area (Å²) in [6.45, 7) is 1.64. The Kier molecular flexibility index (Phi) is 2.55. The van der Waals surface area contributed by atoms with Crippen molar-refractivity contribution in [1.82, 2.24) is 20.3 Å². The Bertz CT molecular complexity index is 694. The number of hydrogen-bond donors (Lipinski definition) is 1. The molecule has 98 valence electrons. The van der Waals surface area contributed by atoms with Crippen LogP contribution in [0.4, 0.5) is 4.39 Å². The number of nitrogens with zero attached hydrogens (tertiary/aromatic N) is 3. The van der Waals surface area contributed by atoms with E-state index in [0.29, 0.717) is 23.0 Å². The van der Waals surface area contributed by atoms with Crippen LogP contribution < -0.4 is 5.32 Å². The summed E-state index contributed by atoms with van der Waals surface area (Å²) in [6, 6.07) is 2.28. The van der Waals surface area contributed by atoms with E-state index < -0.39 is 11.9 Å². The zero-order valence-electron chi connectivity index (χ0n) is 10.2. The average Bonchev–Trinajstić information content (AvgIpc) is 2.73. The first-order chi connectivity index (χ1) is 9.06. The molecule has 0 saturated carbocycles. The van der Waals surface area contributed by atoms with Crippen LogP contribution in [0, 0.1) is 12.7 Å². The second-order valence-corrected chi connectivity index (χ2v) is 4.59. The van der Waals surface area contributed by atoms with Gasteiger partial charge in [0.15, 0.2) is 0 Å². The van der Waals surface area contributed by atoms with Crippen LogP contribution >= 0.6 is 0 Å². The van der Waals surface area contributed by atoms with E-state index in [9.17, 15) is 14.0 Å². The Balaban J connectivity index is 2.08. The number of piperidine rings is 1. The van der Waals surface area contributed by atoms with Crippen molar-refractivity contribution >= 4 is 22.8 Å². The molecular weight excluding hydrogens is 251 g/mol. The van der Waals surface area contributed by atoms with Crippen molar-refractivity contribution in [3.63, 3.8) is 0 Å². The fourth-order valence-electron chi connectivity index (χ4n) is 2.21. The highest BCUT2D eigenvalue weighted by Crippen LogP contribution is 2.24. The van der Waals surface area contributed by atoms with Crippen LogP contribution in [0.1, 0.15) is 24.4 Å². The summed E-state index contributed by atoms with van der Waals surface area (Å²) in [5.74, 6) is -1.10. The van der Waals surface area contributed by atoms with Gasteiger partial charge in [-0.1, -0.05) is 5.21 Å². The highest BCUT2D eigenvalue weighted by Gasteiger charge is 2.30. The third-order valence-corrected chi connectivity index (χ3v) is 3.26. The van der Waals surface area contributed by atoms with E-state index in [0.717, 1.165) is 0 Å². The molecule has 1 aromatic heterocycles. The number of benzene rings is 1. The van der Waals surface area contributed by atoms with Crippen molar-refractivity contribution in [3.05, 3.63) is 23.5 Å². The molecule has 1 saturated heterocycles. The van der Waals surface area contributed by atoms with Crippen LogP contribution in [-0.4, -0.2) is 26.8 Å². The summed E-state index contributed by atoms with van der Waals surface area (Å²) in [6.07, 6.45) is 0.588. The van der Waals surface area contributed by atoms with Crippen molar-refractivity contribution < 1.29 is 14.0 Å². The Morgan fingerprint density at radius 1 is 1.42 bits per heavy atom. The number of fused-ring (bicyclic) bond motifs is 1. The monoisotopic (exact) mass is 262 g/mol. The number of carbonyl (C=O) groups is 2. The number of imide groups is 1. The van der Waals surface area contributed by atoms with Crippen LogP contribution in [0.25, 0.3) is 11.0 Å². The second-order valence-electron chi connectivity index (χ2n) is 4.59. The van der Waals surface area contributed by atoms with E-state index in [4.69, 9.17) is 0 Å². The number of carbonyl (C=O) groups excluding carboxylic acids is 2. The molecular formula is C12H11FN4O2. The third-order valence-electron chi connectivity index (χ3n) is 3.26. The quantitative estimate of drug-likeness (QED) is 0.773. The maximum atomic E-state index is 13.6. The van der Waals surface area contributed by atoms with Gasteiger partial charge in [-0.2, -0.15) is 0 Å². The van der Waals surface area contributed by atoms with Crippen molar-refractivity contribution in [2.75, 3.05) is 0 Å². The number of amides is 2. The number of hydrogen-bond acceptors (Lipinski definition) is 4. The summed E-state index contributed by atoms with van der Waals surface area (Å²) in [4.78, 5) is 22.9. The zero-order chi connectivity index (χ0) is 13.6. The Morgan fingerprint density at radius 3 is 2.95 bits per heavy atom. The van der Waals surface area contributed by atoms with Gasteiger partial charge >= 0.3 is 0 Å². The van der Waals surface area contributed by atoms with Crippen molar-refractivity contribution in [3.8, 4) is 0 Å². The van der Waals surface area contributed by atoms with Crippen LogP contribution in [-0.2, 0) is 9.59 Å². The van der Waals surface area contributed by atoms with E-state index in [1.54, 1.807) is 13.0 Å². The highest BCUT2D eigenvalue weighted by atomic mass is 19.1. The zero-order valence-corrected chi connectivity index (χ0v) is 10.2. The number of halogens is 1. The number of rotatable bonds is 1. The van der Waals surface area contributed by atoms with E-state index >= 15 is 0 Å². The van der Waals surface area contributed by atoms with E-state index in [1.807, 2.05) is 0 Å². The standard InChI is InChI=1S/C12H11FN4O2/c1-6-4-8-10(5-7(6)13)17(16-15-8)9-2-3-11(18)14-12(9)19/h4-5,9H,2-3H2,1H3,(H,14,18,19). The lowest BCUT2D eigenvalue weighted by Crippen LogP contribution is -2.42. The predicted molar refractivity (Wildman–Crippen MR) is 63.6 cm³/mol. The van der Waals surface area contributed by atoms with Gasteiger partial charge in [-0.25, -0.2) is 9.07 Å². The summed E-state index contributed by atoms with van der Waals surface area (Å²) in [5, 5.41) is 10.1. The number of aryl methyl sites for hydroxylation is 1. The largest absolute Gasteiger partial charge is 0.295 e. The molecule has 0 spiro atoms. The first kappa shape index (κ1) is 11.8. The van der Waals surface area contributed by atoms with Crippen molar-refractivity contribution in [2.24, 2.45) is 0 Å². The fraction of sp³-hybridized carbons (Fsp3) is 0.333. The smallest absolute Gasteiger partial charge is 0.251 e. The second kappa shape index (κ2) is 4.11. The first-order valence-corrected chi connectivity index (χ1v) is 5.91. The molecule has 1 aliphatic rings. The van der Waals surface area contributed by atoms with Gasteiger partial charge in [0.2, 0.25) is 5.91 Å². The summed E-state index contributed by atoms with van der Waals surface area (Å²) < 4.78 is 15.0. The molecule has 2 aromatic rings. The third kappa shape index (κ3) is 1.87. The molecule has 1 atom stereocenters. The summed E-state index contributed by atoms with van der Waals surface area (Å²) in [5.41, 5.74) is 1.46. The number of nitrogens with one attached hydrogen (secondary N) is 1. The molecule has 6 nitrogen and oxygen atoms in total. The Morgan fingerprint density at radius 2 is 2.21 bits per heavy atom. The van der Waals surface area contributed by atoms with Gasteiger partial charge in [0.25, 0.3) is 5.91 Å². The molecule has 19 heavy (non-hydrogen) atoms. The lowest BCUT2D eigenvalue weighted by Gasteiger charge is -2.21. The Hall–Kier alpha value is -2.31. The molecule has 2 heterocycles. The van der Waals surface area contributed by atoms with Crippen LogP contribution in [0.2, 0.25) is 0 Å². The first-order valence-electron chi connectivity index (χ1n) is 5.91. The van der Waals surface area contributed by atoms with Gasteiger partial charge in [-0.15, -0.1) is 5.10 Å². The molecule has 1 aromatic carbocycles. The molecule has 7 heteroatoms. The van der Waals surface area contributed by atoms with Gasteiger partial charge in [0.1, 0.15) is 17.4 Å². The maximum absolute atomic E-state index is 13.6. The van der Waals surface area contributed by atoms with E-state index in [1.165, 1.54) is 10.7 Å². The normalized spacial score (nSPS) is 19.8. The van der Waals surface area contributed by atoms with E-state index in [2.05, 4.69) is 15.6 Å². The van der Waals surface area contributed by atoms with Crippen molar-refractivity contribution in [1.29, 1.82) is 0 Å². The number of aromatic nitrogens is 3. The van der Waals surface area contributed by atoms with Gasteiger partial charge in [-0.05, 0) is 25.0 Å². The van der Waals surface area contributed by atoms with Gasteiger partial charge in [0, 0.05) is 12.5 Å². The minimum Gasteiger partial charge on any atom is -0.295 e. The Labute approximate surface area is 107 Å². The molecule has 0 aliphatic carbocycles. The fourth-order valence-corrected chi connectivity index (χ4v) is 2.21. The lowest BCUT2D eigenvalue weighted by molar-refractivity contribution is -0.135. The molecule has 1 fully saturated rings. The average molecular weight is 262 g/mol. The van der Waals surface area contributed by atoms with Crippen LogP contribution in [0.15, 0.2) is 12.1 Å². The predicted octanol–water partition coefficient (Wildman–Crippen LogP) is 0.857. The van der Waals surface area contributed by atoms with Crippen LogP contribution in [0.5, 0.6) is 0 Å². The SMILES string of the molecule is Cc1cc2nnn(C3CCC(=O)NC3=O)c2cc1F. The van der Waals surface area contributed by atoms with E-state index in [-0.39, 0.29) is 18.1 Å². The molecule has 0 bridgehead atoms. The highest BCUT2D eigenvalue weighted by molar-refractivity contribution is 5.99. The van der Waals surface area contributed by atoms with Gasteiger partial charge in [-0.3, -0.25) is 14.9 Å². The molecule has 1 aliphatic heterocycles. The molecule has 2 amide bonds. The van der Waals surface area contributed by atoms with Crippen LogP contribution in [0.3, 0.4) is 0 Å². The molecule has 1 N–H and O–H groups in total. The summed E-state index contributed by atoms with van der Waals surface area (Å²) in [7, 11) is 0. The minimum atomic E-state index is -0.621. The molecule has 0 radical (unpaired) electrons.